The Morgan fingerprint density at radius 3 is 1.11 bits per heavy atom. The van der Waals surface area contributed by atoms with Gasteiger partial charge in [-0.1, -0.05) is 90.2 Å². The minimum Gasteiger partial charge on any atom is -0.491 e. The second-order valence-electron chi connectivity index (χ2n) is 11.1. The van der Waals surface area contributed by atoms with E-state index in [4.69, 9.17) is 37.9 Å². The minimum atomic E-state index is 0.536. The molecule has 0 amide bonds. The highest BCUT2D eigenvalue weighted by atomic mass is 16.6. The Morgan fingerprint density at radius 2 is 0.682 bits per heavy atom. The molecule has 0 saturated carbocycles. The zero-order chi connectivity index (χ0) is 31.4. The third kappa shape index (κ3) is 29.5. The van der Waals surface area contributed by atoms with Crippen LogP contribution in [0.3, 0.4) is 0 Å². The SMILES string of the molecule is CCCCCCCCCc1ccc(OCCOCCOCCOCCOCCOCCOCCOCCCCCCC)cc1. The number of benzene rings is 1. The fourth-order valence-electron chi connectivity index (χ4n) is 4.49. The summed E-state index contributed by atoms with van der Waals surface area (Å²) < 4.78 is 44.5. The molecular formula is C36H66O8. The molecule has 0 aliphatic rings. The number of ether oxygens (including phenoxy) is 8. The van der Waals surface area contributed by atoms with Gasteiger partial charge in [0.1, 0.15) is 12.4 Å². The van der Waals surface area contributed by atoms with Crippen LogP contribution >= 0.6 is 0 Å². The Bertz CT molecular complexity index is 673. The van der Waals surface area contributed by atoms with Gasteiger partial charge in [0, 0.05) is 6.61 Å². The first kappa shape index (κ1) is 40.8. The van der Waals surface area contributed by atoms with Crippen LogP contribution in [0.5, 0.6) is 5.75 Å². The van der Waals surface area contributed by atoms with Crippen LogP contribution in [0.25, 0.3) is 0 Å². The Morgan fingerprint density at radius 1 is 0.341 bits per heavy atom. The van der Waals surface area contributed by atoms with E-state index in [-0.39, 0.29) is 0 Å². The van der Waals surface area contributed by atoms with Crippen molar-refractivity contribution in [1.82, 2.24) is 0 Å². The molecule has 0 radical (unpaired) electrons. The fraction of sp³-hybridized carbons (Fsp3) is 0.833. The monoisotopic (exact) mass is 626 g/mol. The van der Waals surface area contributed by atoms with Gasteiger partial charge in [0.2, 0.25) is 0 Å². The minimum absolute atomic E-state index is 0.536. The van der Waals surface area contributed by atoms with Crippen molar-refractivity contribution in [3.8, 4) is 5.75 Å². The summed E-state index contributed by atoms with van der Waals surface area (Å²) in [6.07, 6.45) is 16.9. The van der Waals surface area contributed by atoms with Crippen molar-refractivity contribution < 1.29 is 37.9 Å². The van der Waals surface area contributed by atoms with Crippen LogP contribution in [0.15, 0.2) is 24.3 Å². The van der Waals surface area contributed by atoms with Crippen LogP contribution in [0, 0.1) is 0 Å². The average Bonchev–Trinajstić information content (AvgIpc) is 3.04. The highest BCUT2D eigenvalue weighted by Crippen LogP contribution is 2.15. The normalized spacial score (nSPS) is 11.4. The lowest BCUT2D eigenvalue weighted by molar-refractivity contribution is -0.0213. The second kappa shape index (κ2) is 34.6. The molecule has 8 heteroatoms. The van der Waals surface area contributed by atoms with E-state index in [0.717, 1.165) is 25.2 Å². The molecular weight excluding hydrogens is 560 g/mol. The molecule has 0 unspecified atom stereocenters. The van der Waals surface area contributed by atoms with Crippen molar-refractivity contribution in [2.45, 2.75) is 97.3 Å². The van der Waals surface area contributed by atoms with E-state index in [0.29, 0.717) is 92.5 Å². The Hall–Kier alpha value is -1.26. The van der Waals surface area contributed by atoms with Gasteiger partial charge in [-0.2, -0.15) is 0 Å². The molecule has 0 aliphatic carbocycles. The highest BCUT2D eigenvalue weighted by Gasteiger charge is 1.99. The number of aryl methyl sites for hydroxylation is 1. The van der Waals surface area contributed by atoms with Gasteiger partial charge in [-0.15, -0.1) is 0 Å². The maximum atomic E-state index is 5.78. The maximum Gasteiger partial charge on any atom is 0.119 e. The standard InChI is InChI=1S/C36H66O8/c1-3-5-7-9-10-11-13-15-35-16-18-36(19-17-35)44-34-33-43-32-31-42-30-29-41-28-27-40-26-25-39-24-23-38-22-21-37-20-14-12-8-6-4-2/h16-19H,3-15,20-34H2,1-2H3. The molecule has 0 aromatic heterocycles. The molecule has 1 aromatic carbocycles. The van der Waals surface area contributed by atoms with Gasteiger partial charge in [-0.3, -0.25) is 0 Å². The van der Waals surface area contributed by atoms with Crippen molar-refractivity contribution in [1.29, 1.82) is 0 Å². The van der Waals surface area contributed by atoms with Crippen LogP contribution in [0.4, 0.5) is 0 Å². The van der Waals surface area contributed by atoms with Crippen molar-refractivity contribution in [2.75, 3.05) is 99.1 Å². The average molecular weight is 627 g/mol. The lowest BCUT2D eigenvalue weighted by Gasteiger charge is -2.09. The summed E-state index contributed by atoms with van der Waals surface area (Å²) in [5, 5.41) is 0. The summed E-state index contributed by atoms with van der Waals surface area (Å²) in [5.74, 6) is 0.895. The Labute approximate surface area is 269 Å². The molecule has 8 nitrogen and oxygen atoms in total. The molecule has 0 spiro atoms. The second-order valence-corrected chi connectivity index (χ2v) is 11.1. The van der Waals surface area contributed by atoms with E-state index in [2.05, 4.69) is 38.1 Å². The first-order valence-corrected chi connectivity index (χ1v) is 17.6. The quantitative estimate of drug-likeness (QED) is 0.0712. The summed E-state index contributed by atoms with van der Waals surface area (Å²) in [6, 6.07) is 8.48. The van der Waals surface area contributed by atoms with Gasteiger partial charge in [0.05, 0.1) is 85.9 Å². The molecule has 0 heterocycles. The first-order chi connectivity index (χ1) is 21.9. The maximum absolute atomic E-state index is 5.78. The third-order valence-electron chi connectivity index (χ3n) is 7.11. The van der Waals surface area contributed by atoms with Gasteiger partial charge in [0.25, 0.3) is 0 Å². The zero-order valence-electron chi connectivity index (χ0n) is 28.4. The molecule has 0 N–H and O–H groups in total. The van der Waals surface area contributed by atoms with Gasteiger partial charge >= 0.3 is 0 Å². The Kier molecular flexibility index (Phi) is 32.1. The van der Waals surface area contributed by atoms with Gasteiger partial charge in [0.15, 0.2) is 0 Å². The van der Waals surface area contributed by atoms with Crippen LogP contribution in [-0.4, -0.2) is 99.1 Å². The van der Waals surface area contributed by atoms with Gasteiger partial charge in [-0.25, -0.2) is 0 Å². The number of hydrogen-bond acceptors (Lipinski definition) is 8. The lowest BCUT2D eigenvalue weighted by atomic mass is 10.0. The van der Waals surface area contributed by atoms with E-state index in [1.165, 1.54) is 76.2 Å². The topological polar surface area (TPSA) is 73.8 Å². The lowest BCUT2D eigenvalue weighted by Crippen LogP contribution is -2.15. The number of hydrogen-bond donors (Lipinski definition) is 0. The van der Waals surface area contributed by atoms with E-state index < -0.39 is 0 Å². The zero-order valence-corrected chi connectivity index (χ0v) is 28.4. The van der Waals surface area contributed by atoms with Crippen molar-refractivity contribution in [2.24, 2.45) is 0 Å². The van der Waals surface area contributed by atoms with Crippen LogP contribution in [0.1, 0.15) is 96.5 Å². The third-order valence-corrected chi connectivity index (χ3v) is 7.11. The molecule has 0 saturated heterocycles. The molecule has 0 atom stereocenters. The van der Waals surface area contributed by atoms with Crippen LogP contribution < -0.4 is 4.74 Å². The summed E-state index contributed by atoms with van der Waals surface area (Å²) in [7, 11) is 0. The summed E-state index contributed by atoms with van der Waals surface area (Å²) in [5.41, 5.74) is 1.39. The van der Waals surface area contributed by atoms with E-state index in [9.17, 15) is 0 Å². The largest absolute Gasteiger partial charge is 0.491 e. The van der Waals surface area contributed by atoms with E-state index in [1.54, 1.807) is 0 Å². The summed E-state index contributed by atoms with van der Waals surface area (Å²) in [6.45, 7) is 13.2. The molecule has 44 heavy (non-hydrogen) atoms. The predicted octanol–water partition coefficient (Wildman–Crippen LogP) is 7.45. The van der Waals surface area contributed by atoms with E-state index >= 15 is 0 Å². The highest BCUT2D eigenvalue weighted by molar-refractivity contribution is 5.27. The number of rotatable bonds is 36. The molecule has 0 bridgehead atoms. The molecule has 0 aliphatic heterocycles. The smallest absolute Gasteiger partial charge is 0.119 e. The van der Waals surface area contributed by atoms with Gasteiger partial charge in [-0.05, 0) is 37.0 Å². The Balaban J connectivity index is 1.73. The van der Waals surface area contributed by atoms with E-state index in [1.807, 2.05) is 0 Å². The van der Waals surface area contributed by atoms with Crippen LogP contribution in [-0.2, 0) is 39.6 Å². The summed E-state index contributed by atoms with van der Waals surface area (Å²) in [4.78, 5) is 0. The number of unbranched alkanes of at least 4 members (excludes halogenated alkanes) is 10. The molecule has 0 fully saturated rings. The first-order valence-electron chi connectivity index (χ1n) is 17.6. The predicted molar refractivity (Wildman–Crippen MR) is 178 cm³/mol. The van der Waals surface area contributed by atoms with Crippen molar-refractivity contribution in [3.63, 3.8) is 0 Å². The molecule has 258 valence electrons. The molecule has 1 aromatic rings. The van der Waals surface area contributed by atoms with Crippen LogP contribution in [0.2, 0.25) is 0 Å². The van der Waals surface area contributed by atoms with Gasteiger partial charge < -0.3 is 37.9 Å². The fourth-order valence-corrected chi connectivity index (χ4v) is 4.49. The van der Waals surface area contributed by atoms with Crippen molar-refractivity contribution >= 4 is 0 Å². The molecule has 1 rings (SSSR count). The van der Waals surface area contributed by atoms with Crippen molar-refractivity contribution in [3.05, 3.63) is 29.8 Å². The summed E-state index contributed by atoms with van der Waals surface area (Å²) >= 11 is 0.